The molecule has 4 N–H and O–H groups in total. The molecule has 1 aromatic carbocycles. The number of nitrogens with two attached hydrogens (primary N) is 1. The Morgan fingerprint density at radius 2 is 2.07 bits per heavy atom. The van der Waals surface area contributed by atoms with Crippen molar-refractivity contribution in [3.63, 3.8) is 0 Å². The van der Waals surface area contributed by atoms with Gasteiger partial charge in [-0.25, -0.2) is 4.39 Å². The zero-order valence-electron chi connectivity index (χ0n) is 16.1. The Labute approximate surface area is 178 Å². The third kappa shape index (κ3) is 4.89. The van der Waals surface area contributed by atoms with Crippen molar-refractivity contribution in [1.29, 1.82) is 5.26 Å². The van der Waals surface area contributed by atoms with Crippen molar-refractivity contribution in [2.75, 3.05) is 18.5 Å². The van der Waals surface area contributed by atoms with Crippen LogP contribution in [0.5, 0.6) is 0 Å². The number of halogens is 2. The largest absolute Gasteiger partial charge is 0.365 e. The lowest BCUT2D eigenvalue weighted by molar-refractivity contribution is -0.126. The van der Waals surface area contributed by atoms with Gasteiger partial charge in [-0.3, -0.25) is 14.3 Å². The predicted molar refractivity (Wildman–Crippen MR) is 110 cm³/mol. The van der Waals surface area contributed by atoms with Crippen LogP contribution in [-0.2, 0) is 4.79 Å². The number of nitriles is 1. The van der Waals surface area contributed by atoms with Crippen LogP contribution in [0.4, 0.5) is 15.9 Å². The highest BCUT2D eigenvalue weighted by Crippen LogP contribution is 2.37. The first-order valence-corrected chi connectivity index (χ1v) is 9.95. The van der Waals surface area contributed by atoms with E-state index in [-0.39, 0.29) is 35.8 Å². The molecule has 158 valence electrons. The smallest absolute Gasteiger partial charge is 0.254 e. The molecular weight excluding hydrogens is 411 g/mol. The molecule has 0 saturated heterocycles. The summed E-state index contributed by atoms with van der Waals surface area (Å²) >= 11 is 5.90. The van der Waals surface area contributed by atoms with Crippen molar-refractivity contribution in [3.8, 4) is 6.07 Å². The number of hydrogen-bond acceptors (Lipinski definition) is 5. The molecule has 2 amide bonds. The first-order valence-electron chi connectivity index (χ1n) is 9.57. The van der Waals surface area contributed by atoms with E-state index >= 15 is 0 Å². The number of nitrogens with one attached hydrogen (secondary N) is 2. The maximum Gasteiger partial charge on any atom is 0.254 e. The minimum absolute atomic E-state index is 0.0309. The quantitative estimate of drug-likeness (QED) is 0.620. The van der Waals surface area contributed by atoms with E-state index in [1.54, 1.807) is 28.9 Å². The lowest BCUT2D eigenvalue weighted by Gasteiger charge is -2.31. The molecule has 1 heterocycles. The molecule has 3 unspecified atom stereocenters. The van der Waals surface area contributed by atoms with Crippen LogP contribution in [0.2, 0.25) is 5.02 Å². The Hall–Kier alpha value is -3.12. The van der Waals surface area contributed by atoms with Crippen molar-refractivity contribution in [2.45, 2.75) is 25.3 Å². The zero-order chi connectivity index (χ0) is 21.7. The summed E-state index contributed by atoms with van der Waals surface area (Å²) in [5, 5.41) is 20.3. The van der Waals surface area contributed by atoms with E-state index in [0.29, 0.717) is 30.0 Å². The number of anilines is 2. The lowest BCUT2D eigenvalue weighted by atomic mass is 9.78. The summed E-state index contributed by atoms with van der Waals surface area (Å²) in [4.78, 5) is 24.1. The van der Waals surface area contributed by atoms with Crippen LogP contribution >= 0.6 is 11.6 Å². The Bertz CT molecular complexity index is 955. The fourth-order valence-corrected chi connectivity index (χ4v) is 3.79. The fraction of sp³-hybridized carbons (Fsp3) is 0.400. The van der Waals surface area contributed by atoms with E-state index in [2.05, 4.69) is 21.8 Å². The third-order valence-electron chi connectivity index (χ3n) is 5.19. The number of aromatic nitrogens is 2. The van der Waals surface area contributed by atoms with Gasteiger partial charge in [0.1, 0.15) is 12.2 Å². The van der Waals surface area contributed by atoms with Crippen LogP contribution in [0.25, 0.3) is 0 Å². The van der Waals surface area contributed by atoms with Crippen LogP contribution in [0.1, 0.15) is 35.7 Å². The summed E-state index contributed by atoms with van der Waals surface area (Å²) in [6.07, 6.45) is 2.92. The van der Waals surface area contributed by atoms with E-state index in [1.165, 1.54) is 6.20 Å². The molecule has 0 bridgehead atoms. The highest BCUT2D eigenvalue weighted by atomic mass is 35.5. The maximum absolute atomic E-state index is 12.3. The average molecular weight is 433 g/mol. The zero-order valence-corrected chi connectivity index (χ0v) is 16.9. The van der Waals surface area contributed by atoms with Gasteiger partial charge in [-0.05, 0) is 43.5 Å². The van der Waals surface area contributed by atoms with E-state index in [9.17, 15) is 19.2 Å². The Kier molecular flexibility index (Phi) is 6.90. The number of rotatable bonds is 7. The van der Waals surface area contributed by atoms with Crippen molar-refractivity contribution in [1.82, 2.24) is 15.1 Å². The van der Waals surface area contributed by atoms with Crippen LogP contribution in [0.3, 0.4) is 0 Å². The summed E-state index contributed by atoms with van der Waals surface area (Å²) in [6, 6.07) is 8.82. The van der Waals surface area contributed by atoms with Crippen LogP contribution in [-0.4, -0.2) is 34.8 Å². The predicted octanol–water partition coefficient (Wildman–Crippen LogP) is 2.95. The molecule has 1 fully saturated rings. The van der Waals surface area contributed by atoms with Crippen molar-refractivity contribution >= 4 is 34.9 Å². The van der Waals surface area contributed by atoms with Crippen LogP contribution in [0.15, 0.2) is 30.5 Å². The second kappa shape index (κ2) is 9.59. The fourth-order valence-electron chi connectivity index (χ4n) is 3.67. The Morgan fingerprint density at radius 1 is 1.33 bits per heavy atom. The molecule has 0 radical (unpaired) electrons. The molecule has 2 aromatic rings. The van der Waals surface area contributed by atoms with Gasteiger partial charge < -0.3 is 16.4 Å². The average Bonchev–Trinajstić information content (AvgIpc) is 3.17. The molecule has 30 heavy (non-hydrogen) atoms. The summed E-state index contributed by atoms with van der Waals surface area (Å²) < 4.78 is 13.9. The molecule has 1 aromatic heterocycles. The maximum atomic E-state index is 12.3. The molecular formula is C20H22ClFN6O2. The highest BCUT2D eigenvalue weighted by molar-refractivity contribution is 6.30. The molecule has 3 rings (SSSR count). The number of amides is 2. The van der Waals surface area contributed by atoms with E-state index in [1.807, 2.05) is 0 Å². The van der Waals surface area contributed by atoms with E-state index < -0.39 is 18.5 Å². The number of benzene rings is 1. The number of carbonyl (C=O) groups is 2. The lowest BCUT2D eigenvalue weighted by Crippen LogP contribution is -2.37. The minimum atomic E-state index is -0.648. The van der Waals surface area contributed by atoms with Crippen LogP contribution < -0.4 is 16.4 Å². The van der Waals surface area contributed by atoms with Gasteiger partial charge in [-0.15, -0.1) is 0 Å². The summed E-state index contributed by atoms with van der Waals surface area (Å²) in [7, 11) is 0. The van der Waals surface area contributed by atoms with Gasteiger partial charge in [-0.1, -0.05) is 11.6 Å². The van der Waals surface area contributed by atoms with Gasteiger partial charge in [-0.2, -0.15) is 10.4 Å². The Balaban J connectivity index is 1.79. The SMILES string of the molecule is N#CC1CC(C(=O)NCCF)CCC1n1cc(C(N)=O)c(Nc2ccc(Cl)cc2)n1. The first kappa shape index (κ1) is 21.6. The second-order valence-electron chi connectivity index (χ2n) is 7.16. The second-order valence-corrected chi connectivity index (χ2v) is 7.60. The van der Waals surface area contributed by atoms with E-state index in [4.69, 9.17) is 17.3 Å². The van der Waals surface area contributed by atoms with Gasteiger partial charge in [0, 0.05) is 29.4 Å². The molecule has 1 aliphatic rings. The van der Waals surface area contributed by atoms with E-state index in [0.717, 1.165) is 0 Å². The molecule has 1 aliphatic carbocycles. The van der Waals surface area contributed by atoms with Gasteiger partial charge in [0.25, 0.3) is 5.91 Å². The molecule has 0 aliphatic heterocycles. The summed E-state index contributed by atoms with van der Waals surface area (Å²) in [5.74, 6) is -1.44. The highest BCUT2D eigenvalue weighted by Gasteiger charge is 2.36. The number of primary amides is 1. The summed E-state index contributed by atoms with van der Waals surface area (Å²) in [5.41, 5.74) is 6.39. The molecule has 3 atom stereocenters. The van der Waals surface area contributed by atoms with Crippen LogP contribution in [0, 0.1) is 23.2 Å². The summed E-state index contributed by atoms with van der Waals surface area (Å²) in [6.45, 7) is -0.661. The molecule has 0 spiro atoms. The minimum Gasteiger partial charge on any atom is -0.365 e. The van der Waals surface area contributed by atoms with Gasteiger partial charge in [0.05, 0.1) is 18.0 Å². The number of hydrogen-bond donors (Lipinski definition) is 3. The molecule has 8 nitrogen and oxygen atoms in total. The topological polar surface area (TPSA) is 126 Å². The number of nitrogens with zero attached hydrogens (tertiary/aromatic N) is 3. The van der Waals surface area contributed by atoms with Gasteiger partial charge in [0.15, 0.2) is 5.82 Å². The number of carbonyl (C=O) groups excluding carboxylic acids is 2. The van der Waals surface area contributed by atoms with Gasteiger partial charge in [0.2, 0.25) is 5.91 Å². The monoisotopic (exact) mass is 432 g/mol. The third-order valence-corrected chi connectivity index (χ3v) is 5.44. The standard InChI is InChI=1S/C20H22ClFN6O2/c21-14-2-4-15(5-3-14)26-19-16(18(24)29)11-28(27-19)17-6-1-12(9-13(17)10-23)20(30)25-8-7-22/h2-5,11-13,17H,1,6-9H2,(H2,24,29)(H,25,30)(H,26,27). The Morgan fingerprint density at radius 3 is 2.70 bits per heavy atom. The normalized spacial score (nSPS) is 20.9. The first-order chi connectivity index (χ1) is 14.4. The molecule has 10 heteroatoms. The van der Waals surface area contributed by atoms with Crippen molar-refractivity contribution < 1.29 is 14.0 Å². The molecule has 1 saturated carbocycles. The van der Waals surface area contributed by atoms with Crippen molar-refractivity contribution in [2.24, 2.45) is 17.6 Å². The van der Waals surface area contributed by atoms with Gasteiger partial charge >= 0.3 is 0 Å². The van der Waals surface area contributed by atoms with Crippen molar-refractivity contribution in [3.05, 3.63) is 41.0 Å². The number of alkyl halides is 1.